The molecule has 0 fully saturated rings. The highest BCUT2D eigenvalue weighted by Gasteiger charge is 2.57. The van der Waals surface area contributed by atoms with Crippen molar-refractivity contribution >= 4 is 5.97 Å². The summed E-state index contributed by atoms with van der Waals surface area (Å²) in [7, 11) is 0. The molecule has 0 spiro atoms. The van der Waals surface area contributed by atoms with Crippen molar-refractivity contribution in [2.45, 2.75) is 18.8 Å². The van der Waals surface area contributed by atoms with Crippen LogP contribution < -0.4 is 0 Å². The monoisotopic (exact) mass is 262 g/mol. The van der Waals surface area contributed by atoms with Crippen molar-refractivity contribution in [1.29, 1.82) is 0 Å². The number of esters is 1. The molecule has 3 nitrogen and oxygen atoms in total. The molecule has 17 heavy (non-hydrogen) atoms. The highest BCUT2D eigenvalue weighted by Crippen LogP contribution is 2.34. The number of rotatable bonds is 7. The van der Waals surface area contributed by atoms with E-state index in [0.717, 1.165) is 0 Å². The molecule has 0 atom stereocenters. The Morgan fingerprint density at radius 3 is 2.06 bits per heavy atom. The number of carbonyl (C=O) groups excluding carboxylic acids is 1. The van der Waals surface area contributed by atoms with E-state index in [2.05, 4.69) is 16.1 Å². The lowest BCUT2D eigenvalue weighted by Crippen LogP contribution is -2.48. The van der Waals surface area contributed by atoms with Crippen molar-refractivity contribution in [3.63, 3.8) is 0 Å². The molecule has 8 heteroatoms. The van der Waals surface area contributed by atoms with Crippen LogP contribution in [0.4, 0.5) is 22.0 Å². The molecule has 0 rings (SSSR count). The van der Waals surface area contributed by atoms with Gasteiger partial charge in [-0.1, -0.05) is 6.58 Å². The normalized spacial score (nSPS) is 12.4. The van der Waals surface area contributed by atoms with Gasteiger partial charge in [-0.25, -0.2) is 9.18 Å². The van der Waals surface area contributed by atoms with Crippen LogP contribution in [0.3, 0.4) is 0 Å². The molecule has 0 aliphatic carbocycles. The van der Waals surface area contributed by atoms with Crippen LogP contribution in [0, 0.1) is 0 Å². The number of alkyl halides is 5. The number of hydrogen-bond acceptors (Lipinski definition) is 3. The van der Waals surface area contributed by atoms with E-state index in [4.69, 9.17) is 0 Å². The molecule has 0 aromatic heterocycles. The van der Waals surface area contributed by atoms with Crippen LogP contribution in [0.2, 0.25) is 0 Å². The summed E-state index contributed by atoms with van der Waals surface area (Å²) in [6, 6.07) is 0. The van der Waals surface area contributed by atoms with Crippen LogP contribution >= 0.6 is 0 Å². The van der Waals surface area contributed by atoms with E-state index in [1.165, 1.54) is 6.92 Å². The van der Waals surface area contributed by atoms with E-state index in [1.807, 2.05) is 0 Å². The van der Waals surface area contributed by atoms with Gasteiger partial charge in [0, 0.05) is 5.57 Å². The maximum Gasteiger partial charge on any atom is 0.345 e. The van der Waals surface area contributed by atoms with Crippen molar-refractivity contribution in [3.05, 3.63) is 12.2 Å². The summed E-state index contributed by atoms with van der Waals surface area (Å²) in [5.41, 5.74) is -0.205. The summed E-state index contributed by atoms with van der Waals surface area (Å²) in [6.07, 6.45) is 0. The first kappa shape index (κ1) is 15.8. The Bertz CT molecular complexity index is 290. The first-order valence-corrected chi connectivity index (χ1v) is 4.36. The molecule has 0 N–H and O–H groups in total. The number of hydrogen-bond donors (Lipinski definition) is 0. The summed E-state index contributed by atoms with van der Waals surface area (Å²) >= 11 is 0. The average molecular weight is 262 g/mol. The van der Waals surface area contributed by atoms with Gasteiger partial charge >= 0.3 is 17.8 Å². The zero-order chi connectivity index (χ0) is 13.7. The zero-order valence-corrected chi connectivity index (χ0v) is 8.94. The molecule has 0 heterocycles. The highest BCUT2D eigenvalue weighted by atomic mass is 19.3. The minimum absolute atomic E-state index is 0.205. The highest BCUT2D eigenvalue weighted by molar-refractivity contribution is 5.86. The van der Waals surface area contributed by atoms with Gasteiger partial charge in [-0.3, -0.25) is 0 Å². The molecule has 0 amide bonds. The fourth-order valence-electron chi connectivity index (χ4n) is 0.657. The Kier molecular flexibility index (Phi) is 5.53. The lowest BCUT2D eigenvalue weighted by atomic mass is 10.2. The van der Waals surface area contributed by atoms with Gasteiger partial charge in [0.05, 0.1) is 0 Å². The molecule has 0 aromatic carbocycles. The fraction of sp³-hybridized carbons (Fsp3) is 0.667. The number of ether oxygens (including phenoxy) is 2. The molecule has 0 unspecified atom stereocenters. The number of carbonyl (C=O) groups is 1. The van der Waals surface area contributed by atoms with E-state index in [9.17, 15) is 26.7 Å². The van der Waals surface area contributed by atoms with Crippen LogP contribution in [0.5, 0.6) is 0 Å². The second kappa shape index (κ2) is 5.95. The van der Waals surface area contributed by atoms with Gasteiger partial charge in [0.25, 0.3) is 0 Å². The summed E-state index contributed by atoms with van der Waals surface area (Å²) in [4.78, 5) is 10.7. The van der Waals surface area contributed by atoms with Crippen molar-refractivity contribution in [3.8, 4) is 0 Å². The Hall–Kier alpha value is -1.18. The Labute approximate surface area is 94.2 Å². The maximum atomic E-state index is 12.9. The zero-order valence-electron chi connectivity index (χ0n) is 8.94. The lowest BCUT2D eigenvalue weighted by molar-refractivity contribution is -0.251. The third kappa shape index (κ3) is 4.68. The average Bonchev–Trinajstić information content (AvgIpc) is 2.22. The van der Waals surface area contributed by atoms with Crippen LogP contribution in [0.25, 0.3) is 0 Å². The van der Waals surface area contributed by atoms with Crippen LogP contribution in [0.1, 0.15) is 6.92 Å². The van der Waals surface area contributed by atoms with Crippen molar-refractivity contribution in [2.75, 3.05) is 20.1 Å². The summed E-state index contributed by atoms with van der Waals surface area (Å²) in [5, 5.41) is 0. The Morgan fingerprint density at radius 1 is 1.18 bits per heavy atom. The van der Waals surface area contributed by atoms with Gasteiger partial charge in [0.2, 0.25) is 0 Å². The second-order valence-corrected chi connectivity index (χ2v) is 3.22. The molecule has 0 bridgehead atoms. The van der Waals surface area contributed by atoms with Gasteiger partial charge in [0.15, 0.2) is 13.5 Å². The minimum atomic E-state index is -4.65. The third-order valence-electron chi connectivity index (χ3n) is 1.63. The van der Waals surface area contributed by atoms with Gasteiger partial charge in [-0.15, -0.1) is 0 Å². The summed E-state index contributed by atoms with van der Waals surface area (Å²) < 4.78 is 70.3. The molecule has 0 saturated heterocycles. The van der Waals surface area contributed by atoms with Crippen LogP contribution in [-0.4, -0.2) is 37.9 Å². The third-order valence-corrected chi connectivity index (χ3v) is 1.63. The van der Waals surface area contributed by atoms with Crippen molar-refractivity contribution < 1.29 is 36.2 Å². The van der Waals surface area contributed by atoms with Crippen molar-refractivity contribution in [1.82, 2.24) is 0 Å². The van der Waals surface area contributed by atoms with Gasteiger partial charge in [0.1, 0.15) is 6.61 Å². The minimum Gasteiger partial charge on any atom is -0.456 e. The fourth-order valence-corrected chi connectivity index (χ4v) is 0.657. The molecule has 0 aromatic rings. The van der Waals surface area contributed by atoms with Crippen LogP contribution in [0.15, 0.2) is 12.2 Å². The molecule has 0 radical (unpaired) electrons. The maximum absolute atomic E-state index is 12.9. The Balaban J connectivity index is 4.44. The molecule has 0 saturated carbocycles. The van der Waals surface area contributed by atoms with Gasteiger partial charge in [-0.05, 0) is 6.92 Å². The summed E-state index contributed by atoms with van der Waals surface area (Å²) in [5.74, 6) is -10.5. The summed E-state index contributed by atoms with van der Waals surface area (Å²) in [6.45, 7) is -0.993. The molecular formula is C9H11F5O3. The first-order chi connectivity index (χ1) is 7.64. The standard InChI is InChI=1S/C9H11F5O3/c1-6(2)7(15)17-4-9(13,14)8(11,12)3-16-5-10/h1,3-5H2,2H3. The molecule has 0 aliphatic heterocycles. The van der Waals surface area contributed by atoms with Gasteiger partial charge < -0.3 is 9.47 Å². The first-order valence-electron chi connectivity index (χ1n) is 4.36. The van der Waals surface area contributed by atoms with E-state index < -0.39 is 37.9 Å². The topological polar surface area (TPSA) is 35.5 Å². The van der Waals surface area contributed by atoms with Crippen LogP contribution in [-0.2, 0) is 14.3 Å². The van der Waals surface area contributed by atoms with E-state index in [-0.39, 0.29) is 5.57 Å². The second-order valence-electron chi connectivity index (χ2n) is 3.22. The smallest absolute Gasteiger partial charge is 0.345 e. The molecular weight excluding hydrogens is 251 g/mol. The van der Waals surface area contributed by atoms with Gasteiger partial charge in [-0.2, -0.15) is 17.6 Å². The molecule has 100 valence electrons. The van der Waals surface area contributed by atoms with Crippen molar-refractivity contribution in [2.24, 2.45) is 0 Å². The quantitative estimate of drug-likeness (QED) is 0.401. The van der Waals surface area contributed by atoms with E-state index >= 15 is 0 Å². The van der Waals surface area contributed by atoms with E-state index in [1.54, 1.807) is 0 Å². The number of halogens is 5. The molecule has 0 aliphatic rings. The largest absolute Gasteiger partial charge is 0.456 e. The predicted octanol–water partition coefficient (Wildman–Crippen LogP) is 2.32. The van der Waals surface area contributed by atoms with E-state index in [0.29, 0.717) is 0 Å². The SMILES string of the molecule is C=C(C)C(=O)OCC(F)(F)C(F)(F)COCF. The predicted molar refractivity (Wildman–Crippen MR) is 47.6 cm³/mol. The lowest BCUT2D eigenvalue weighted by Gasteiger charge is -2.25. The Morgan fingerprint density at radius 2 is 1.65 bits per heavy atom.